The first-order chi connectivity index (χ1) is 8.27. The molecule has 3 nitrogen and oxygen atoms in total. The minimum absolute atomic E-state index is 0.132. The molecular weight excluding hydrogens is 212 g/mol. The van der Waals surface area contributed by atoms with Crippen molar-refractivity contribution in [3.8, 4) is 0 Å². The molecule has 1 amide bonds. The molecule has 0 bridgehead atoms. The first-order valence-electron chi connectivity index (χ1n) is 6.14. The van der Waals surface area contributed by atoms with Crippen LogP contribution in [0, 0.1) is 5.92 Å². The number of primary amides is 1. The Morgan fingerprint density at radius 1 is 1.29 bits per heavy atom. The van der Waals surface area contributed by atoms with E-state index >= 15 is 0 Å². The van der Waals surface area contributed by atoms with Crippen LogP contribution in [0.1, 0.15) is 31.2 Å². The Labute approximate surface area is 102 Å². The summed E-state index contributed by atoms with van der Waals surface area (Å²) in [7, 11) is 0. The first kappa shape index (κ1) is 11.8. The third kappa shape index (κ3) is 3.16. The Bertz CT molecular complexity index is 411. The van der Waals surface area contributed by atoms with Crippen LogP contribution in [-0.4, -0.2) is 11.6 Å². The lowest BCUT2D eigenvalue weighted by Crippen LogP contribution is -2.32. The normalized spacial score (nSPS) is 22.6. The zero-order valence-electron chi connectivity index (χ0n) is 9.93. The molecule has 1 aliphatic rings. The molecule has 2 N–H and O–H groups in total. The van der Waals surface area contributed by atoms with Gasteiger partial charge in [-0.05, 0) is 24.8 Å². The lowest BCUT2D eigenvalue weighted by atomic mass is 9.86. The number of carbonyl (C=O) groups is 1. The van der Waals surface area contributed by atoms with E-state index in [9.17, 15) is 4.79 Å². The highest BCUT2D eigenvalue weighted by Gasteiger charge is 2.24. The highest BCUT2D eigenvalue weighted by atomic mass is 16.1. The second-order valence-electron chi connectivity index (χ2n) is 4.49. The van der Waals surface area contributed by atoms with Gasteiger partial charge in [-0.1, -0.05) is 36.8 Å². The van der Waals surface area contributed by atoms with Crippen molar-refractivity contribution < 1.29 is 4.79 Å². The molecule has 1 fully saturated rings. The number of hydrogen-bond acceptors (Lipinski definition) is 2. The minimum Gasteiger partial charge on any atom is -0.369 e. The summed E-state index contributed by atoms with van der Waals surface area (Å²) in [4.78, 5) is 15.9. The summed E-state index contributed by atoms with van der Waals surface area (Å²) in [6.45, 7) is 0.653. The number of hydrogen-bond donors (Lipinski definition) is 1. The van der Waals surface area contributed by atoms with Crippen LogP contribution >= 0.6 is 0 Å². The van der Waals surface area contributed by atoms with Crippen LogP contribution in [0.15, 0.2) is 35.3 Å². The summed E-state index contributed by atoms with van der Waals surface area (Å²) in [5.41, 5.74) is 7.57. The standard InChI is InChI=1S/C14H18N2O/c15-14(17)12-8-4-5-9-13(12)16-10-11-6-2-1-3-7-11/h1-3,6-7,12H,4-5,8-10H2,(H2,15,17). The highest BCUT2D eigenvalue weighted by molar-refractivity contribution is 6.04. The van der Waals surface area contributed by atoms with Crippen LogP contribution in [0.3, 0.4) is 0 Å². The first-order valence-corrected chi connectivity index (χ1v) is 6.14. The molecule has 17 heavy (non-hydrogen) atoms. The van der Waals surface area contributed by atoms with Crippen molar-refractivity contribution in [3.63, 3.8) is 0 Å². The molecule has 0 heterocycles. The van der Waals surface area contributed by atoms with Crippen LogP contribution in [0.4, 0.5) is 0 Å². The SMILES string of the molecule is NC(=O)C1CCCCC1=NCc1ccccc1. The van der Waals surface area contributed by atoms with Gasteiger partial charge in [-0.25, -0.2) is 0 Å². The van der Waals surface area contributed by atoms with Gasteiger partial charge in [-0.2, -0.15) is 0 Å². The van der Waals surface area contributed by atoms with Crippen LogP contribution in [0.25, 0.3) is 0 Å². The fraction of sp³-hybridized carbons (Fsp3) is 0.429. The second-order valence-corrected chi connectivity index (χ2v) is 4.49. The van der Waals surface area contributed by atoms with E-state index in [4.69, 9.17) is 5.73 Å². The maximum Gasteiger partial charge on any atom is 0.226 e. The third-order valence-electron chi connectivity index (χ3n) is 3.23. The Balaban J connectivity index is 2.06. The molecule has 1 unspecified atom stereocenters. The van der Waals surface area contributed by atoms with E-state index in [0.29, 0.717) is 6.54 Å². The van der Waals surface area contributed by atoms with Crippen LogP contribution in [0.2, 0.25) is 0 Å². The smallest absolute Gasteiger partial charge is 0.226 e. The molecule has 0 radical (unpaired) electrons. The van der Waals surface area contributed by atoms with E-state index in [-0.39, 0.29) is 11.8 Å². The number of benzene rings is 1. The quantitative estimate of drug-likeness (QED) is 0.851. The van der Waals surface area contributed by atoms with Gasteiger partial charge in [0.1, 0.15) is 0 Å². The van der Waals surface area contributed by atoms with E-state index in [1.54, 1.807) is 0 Å². The Morgan fingerprint density at radius 3 is 2.76 bits per heavy atom. The summed E-state index contributed by atoms with van der Waals surface area (Å²) in [6, 6.07) is 10.1. The molecule has 2 rings (SSSR count). The molecule has 0 aliphatic heterocycles. The fourth-order valence-electron chi connectivity index (χ4n) is 2.27. The van der Waals surface area contributed by atoms with Crippen LogP contribution < -0.4 is 5.73 Å². The molecule has 0 saturated heterocycles. The average Bonchev–Trinajstić information content (AvgIpc) is 2.38. The Morgan fingerprint density at radius 2 is 2.06 bits per heavy atom. The molecule has 1 aromatic carbocycles. The Kier molecular flexibility index (Phi) is 3.91. The van der Waals surface area contributed by atoms with Crippen molar-refractivity contribution in [2.75, 3.05) is 0 Å². The predicted octanol–water partition coefficient (Wildman–Crippen LogP) is 2.30. The summed E-state index contributed by atoms with van der Waals surface area (Å²) in [6.07, 6.45) is 3.98. The van der Waals surface area contributed by atoms with Gasteiger partial charge in [0.2, 0.25) is 5.91 Å². The molecule has 1 aliphatic carbocycles. The van der Waals surface area contributed by atoms with Crippen molar-refractivity contribution in [3.05, 3.63) is 35.9 Å². The molecule has 1 aromatic rings. The monoisotopic (exact) mass is 230 g/mol. The highest BCUT2D eigenvalue weighted by Crippen LogP contribution is 2.22. The molecule has 0 aromatic heterocycles. The lowest BCUT2D eigenvalue weighted by molar-refractivity contribution is -0.120. The van der Waals surface area contributed by atoms with Gasteiger partial charge in [-0.15, -0.1) is 0 Å². The summed E-state index contributed by atoms with van der Waals surface area (Å²) >= 11 is 0. The van der Waals surface area contributed by atoms with E-state index in [1.165, 1.54) is 5.56 Å². The van der Waals surface area contributed by atoms with E-state index in [2.05, 4.69) is 4.99 Å². The number of nitrogens with zero attached hydrogens (tertiary/aromatic N) is 1. The van der Waals surface area contributed by atoms with Gasteiger partial charge in [0.05, 0.1) is 12.5 Å². The van der Waals surface area contributed by atoms with Crippen molar-refractivity contribution >= 4 is 11.6 Å². The number of aliphatic imine (C=N–C) groups is 1. The van der Waals surface area contributed by atoms with Crippen molar-refractivity contribution in [1.82, 2.24) is 0 Å². The van der Waals surface area contributed by atoms with Crippen LogP contribution in [-0.2, 0) is 11.3 Å². The van der Waals surface area contributed by atoms with Crippen molar-refractivity contribution in [1.29, 1.82) is 0 Å². The summed E-state index contributed by atoms with van der Waals surface area (Å²) < 4.78 is 0. The second kappa shape index (κ2) is 5.62. The van der Waals surface area contributed by atoms with Gasteiger partial charge in [0.15, 0.2) is 0 Å². The van der Waals surface area contributed by atoms with Crippen LogP contribution in [0.5, 0.6) is 0 Å². The minimum atomic E-state index is -0.225. The van der Waals surface area contributed by atoms with Crippen molar-refractivity contribution in [2.45, 2.75) is 32.2 Å². The van der Waals surface area contributed by atoms with E-state index < -0.39 is 0 Å². The number of rotatable bonds is 3. The molecule has 1 atom stereocenters. The third-order valence-corrected chi connectivity index (χ3v) is 3.23. The number of carbonyl (C=O) groups excluding carboxylic acids is 1. The van der Waals surface area contributed by atoms with Gasteiger partial charge in [0.25, 0.3) is 0 Å². The largest absolute Gasteiger partial charge is 0.369 e. The lowest BCUT2D eigenvalue weighted by Gasteiger charge is -2.21. The molecular formula is C14H18N2O. The molecule has 90 valence electrons. The maximum atomic E-state index is 11.3. The maximum absolute atomic E-state index is 11.3. The zero-order chi connectivity index (χ0) is 12.1. The number of amides is 1. The van der Waals surface area contributed by atoms with Gasteiger partial charge in [0, 0.05) is 5.71 Å². The zero-order valence-corrected chi connectivity index (χ0v) is 9.93. The topological polar surface area (TPSA) is 55.5 Å². The van der Waals surface area contributed by atoms with Crippen molar-refractivity contribution in [2.24, 2.45) is 16.6 Å². The summed E-state index contributed by atoms with van der Waals surface area (Å²) in [5.74, 6) is -0.357. The molecule has 1 saturated carbocycles. The van der Waals surface area contributed by atoms with Gasteiger partial charge in [-0.3, -0.25) is 9.79 Å². The van der Waals surface area contributed by atoms with Gasteiger partial charge >= 0.3 is 0 Å². The number of nitrogens with two attached hydrogens (primary N) is 1. The fourth-order valence-corrected chi connectivity index (χ4v) is 2.27. The average molecular weight is 230 g/mol. The summed E-state index contributed by atoms with van der Waals surface area (Å²) in [5, 5.41) is 0. The van der Waals surface area contributed by atoms with Gasteiger partial charge < -0.3 is 5.73 Å². The Hall–Kier alpha value is -1.64. The van der Waals surface area contributed by atoms with E-state index in [1.807, 2.05) is 30.3 Å². The predicted molar refractivity (Wildman–Crippen MR) is 68.7 cm³/mol. The molecule has 3 heteroatoms. The van der Waals surface area contributed by atoms with E-state index in [0.717, 1.165) is 31.4 Å². The molecule has 0 spiro atoms.